The quantitative estimate of drug-likeness (QED) is 0.399. The number of aliphatic imine (C=N–C) groups is 1. The Morgan fingerprint density at radius 3 is 2.50 bits per heavy atom. The number of fused-ring (bicyclic) bond motifs is 1. The summed E-state index contributed by atoms with van der Waals surface area (Å²) in [7, 11) is 1.22. The lowest BCUT2D eigenvalue weighted by atomic mass is 9.85. The van der Waals surface area contributed by atoms with Crippen LogP contribution in [0.25, 0.3) is 0 Å². The van der Waals surface area contributed by atoms with Crippen molar-refractivity contribution in [1.29, 1.82) is 0 Å². The highest BCUT2D eigenvalue weighted by Crippen LogP contribution is 2.43. The minimum Gasteiger partial charge on any atom is -0.495 e. The molecular weight excluding hydrogens is 485 g/mol. The first-order valence-corrected chi connectivity index (χ1v) is 9.96. The third-order valence-electron chi connectivity index (χ3n) is 4.53. The van der Waals surface area contributed by atoms with Crippen LogP contribution < -0.4 is 4.74 Å². The molecule has 0 fully saturated rings. The fourth-order valence-corrected chi connectivity index (χ4v) is 4.26. The summed E-state index contributed by atoms with van der Waals surface area (Å²) >= 11 is 6.59. The molecule has 0 radical (unpaired) electrons. The maximum Gasteiger partial charge on any atom is 0.499 e. The molecule has 6 nitrogen and oxygen atoms in total. The number of halogens is 6. The summed E-state index contributed by atoms with van der Waals surface area (Å²) in [6.45, 7) is 1.55. The summed E-state index contributed by atoms with van der Waals surface area (Å²) in [4.78, 5) is 28.8. The van der Waals surface area contributed by atoms with Gasteiger partial charge in [-0.05, 0) is 12.5 Å². The second kappa shape index (κ2) is 8.32. The molecule has 1 aromatic rings. The predicted octanol–water partition coefficient (Wildman–Crippen LogP) is 5.47. The molecule has 0 saturated carbocycles. The van der Waals surface area contributed by atoms with Gasteiger partial charge in [0.15, 0.2) is 10.8 Å². The molecule has 0 atom stereocenters. The normalized spacial score (nSPS) is 16.9. The van der Waals surface area contributed by atoms with E-state index in [0.717, 1.165) is 11.4 Å². The van der Waals surface area contributed by atoms with E-state index in [2.05, 4.69) is 9.73 Å². The maximum atomic E-state index is 13.3. The molecule has 0 saturated heterocycles. The topological polar surface area (TPSA) is 85.2 Å². The van der Waals surface area contributed by atoms with E-state index >= 15 is 0 Å². The standard InChI is InChI=1S/C19H13ClF5NO5S/c1-7-9(4-12(27)28)14-11(26-7)5-10(20)17(30-2)15(14)16(29)8-3-13(32-6-8)31-19(24,25)18(21,22)23/h3,6H,4-5H2,1-2H3,(H,27,28). The molecule has 0 bridgehead atoms. The zero-order chi connectivity index (χ0) is 24.0. The average molecular weight is 498 g/mol. The van der Waals surface area contributed by atoms with Crippen molar-refractivity contribution in [3.8, 4) is 5.06 Å². The highest BCUT2D eigenvalue weighted by atomic mass is 35.5. The highest BCUT2D eigenvalue weighted by molar-refractivity contribution is 7.12. The van der Waals surface area contributed by atoms with E-state index in [0.29, 0.717) is 22.7 Å². The number of Topliss-reactive ketones (excluding diaryl/α,β-unsaturated/α-hetero) is 1. The van der Waals surface area contributed by atoms with Crippen molar-refractivity contribution >= 4 is 40.4 Å². The molecular formula is C19H13ClF5NO5S. The number of ether oxygens (including phenoxy) is 2. The zero-order valence-corrected chi connectivity index (χ0v) is 17.8. The first-order chi connectivity index (χ1) is 14.8. The summed E-state index contributed by atoms with van der Waals surface area (Å²) in [5.41, 5.74) is 0.662. The number of hydrogen-bond donors (Lipinski definition) is 1. The number of alkyl halides is 5. The van der Waals surface area contributed by atoms with Gasteiger partial charge in [-0.25, -0.2) is 0 Å². The Morgan fingerprint density at radius 1 is 1.28 bits per heavy atom. The van der Waals surface area contributed by atoms with Crippen LogP contribution in [-0.4, -0.2) is 42.0 Å². The van der Waals surface area contributed by atoms with Gasteiger partial charge in [0.05, 0.1) is 29.8 Å². The van der Waals surface area contributed by atoms with Crippen LogP contribution >= 0.6 is 22.9 Å². The van der Waals surface area contributed by atoms with Crippen LogP contribution in [0.2, 0.25) is 0 Å². The molecule has 1 aliphatic carbocycles. The van der Waals surface area contributed by atoms with Gasteiger partial charge < -0.3 is 14.6 Å². The summed E-state index contributed by atoms with van der Waals surface area (Å²) < 4.78 is 72.5. The minimum atomic E-state index is -5.95. The number of rotatable bonds is 7. The van der Waals surface area contributed by atoms with Gasteiger partial charge in [-0.2, -0.15) is 22.0 Å². The lowest BCUT2D eigenvalue weighted by Gasteiger charge is -2.22. The predicted molar refractivity (Wildman–Crippen MR) is 104 cm³/mol. The molecule has 1 N–H and O–H groups in total. The Kier molecular flexibility index (Phi) is 6.22. The van der Waals surface area contributed by atoms with E-state index < -0.39 is 35.5 Å². The number of carboxylic acid groups (broad SMARTS) is 1. The van der Waals surface area contributed by atoms with Gasteiger partial charge in [0.1, 0.15) is 5.76 Å². The van der Waals surface area contributed by atoms with Crippen LogP contribution in [0.1, 0.15) is 30.1 Å². The average Bonchev–Trinajstić information content (AvgIpc) is 3.23. The highest BCUT2D eigenvalue weighted by Gasteiger charge is 2.61. The molecule has 2 aliphatic rings. The van der Waals surface area contributed by atoms with Gasteiger partial charge in [-0.15, -0.1) is 11.3 Å². The first kappa shape index (κ1) is 23.9. The van der Waals surface area contributed by atoms with Crippen molar-refractivity contribution in [1.82, 2.24) is 0 Å². The summed E-state index contributed by atoms with van der Waals surface area (Å²) in [5.74, 6) is -2.09. The fourth-order valence-electron chi connectivity index (χ4n) is 3.20. The van der Waals surface area contributed by atoms with E-state index in [-0.39, 0.29) is 39.5 Å². The van der Waals surface area contributed by atoms with Gasteiger partial charge in [0, 0.05) is 34.7 Å². The third kappa shape index (κ3) is 4.29. The van der Waals surface area contributed by atoms with Gasteiger partial charge in [-0.1, -0.05) is 11.6 Å². The van der Waals surface area contributed by atoms with Crippen molar-refractivity contribution in [2.24, 2.45) is 4.99 Å². The number of hydrogen-bond acceptors (Lipinski definition) is 6. The Balaban J connectivity index is 2.07. The summed E-state index contributed by atoms with van der Waals surface area (Å²) in [6, 6.07) is 0.731. The van der Waals surface area contributed by atoms with E-state index in [1.54, 1.807) is 6.92 Å². The Morgan fingerprint density at radius 2 is 1.94 bits per heavy atom. The number of carboxylic acids is 1. The van der Waals surface area contributed by atoms with Crippen molar-refractivity contribution in [3.05, 3.63) is 50.2 Å². The van der Waals surface area contributed by atoms with Gasteiger partial charge in [-0.3, -0.25) is 14.6 Å². The van der Waals surface area contributed by atoms with Gasteiger partial charge >= 0.3 is 18.3 Å². The smallest absolute Gasteiger partial charge is 0.495 e. The van der Waals surface area contributed by atoms with E-state index in [1.165, 1.54) is 7.11 Å². The van der Waals surface area contributed by atoms with Crippen molar-refractivity contribution in [2.75, 3.05) is 7.11 Å². The van der Waals surface area contributed by atoms with Crippen LogP contribution in [-0.2, 0) is 9.53 Å². The van der Waals surface area contributed by atoms with Crippen LogP contribution in [0.5, 0.6) is 5.06 Å². The molecule has 1 aliphatic heterocycles. The molecule has 32 heavy (non-hydrogen) atoms. The molecule has 0 aromatic carbocycles. The SMILES string of the molecule is COC1=C(Cl)CC2=NC(C)=C(CC(=O)O)C2=C1C(=O)c1csc(OC(F)(F)C(F)(F)F)c1. The molecule has 3 rings (SSSR count). The monoisotopic (exact) mass is 497 g/mol. The molecule has 1 aromatic heterocycles. The maximum absolute atomic E-state index is 13.3. The zero-order valence-electron chi connectivity index (χ0n) is 16.3. The molecule has 0 spiro atoms. The molecule has 172 valence electrons. The van der Waals surface area contributed by atoms with E-state index in [4.69, 9.17) is 16.3 Å². The summed E-state index contributed by atoms with van der Waals surface area (Å²) in [6.07, 6.45) is -11.8. The van der Waals surface area contributed by atoms with Crippen molar-refractivity contribution in [2.45, 2.75) is 32.1 Å². The van der Waals surface area contributed by atoms with Gasteiger partial charge in [0.2, 0.25) is 0 Å². The summed E-state index contributed by atoms with van der Waals surface area (Å²) in [5, 5.41) is 9.52. The second-order valence-corrected chi connectivity index (χ2v) is 7.99. The number of nitrogens with zero attached hydrogens (tertiary/aromatic N) is 1. The number of allylic oxidation sites excluding steroid dienone is 4. The number of carbonyl (C=O) groups is 2. The van der Waals surface area contributed by atoms with Crippen LogP contribution in [0, 0.1) is 0 Å². The lowest BCUT2D eigenvalue weighted by Crippen LogP contribution is -2.41. The first-order valence-electron chi connectivity index (χ1n) is 8.70. The second-order valence-electron chi connectivity index (χ2n) is 6.66. The van der Waals surface area contributed by atoms with Crippen LogP contribution in [0.4, 0.5) is 22.0 Å². The molecule has 0 unspecified atom stereocenters. The molecule has 2 heterocycles. The molecule has 13 heteroatoms. The number of aliphatic carboxylic acids is 1. The van der Waals surface area contributed by atoms with Crippen molar-refractivity contribution in [3.63, 3.8) is 0 Å². The van der Waals surface area contributed by atoms with Crippen LogP contribution in [0.15, 0.2) is 49.6 Å². The Labute approximate surface area is 186 Å². The number of thiophene rings is 1. The fraction of sp³-hybridized carbons (Fsp3) is 0.316. The largest absolute Gasteiger partial charge is 0.499 e. The van der Waals surface area contributed by atoms with E-state index in [1.807, 2.05) is 0 Å². The van der Waals surface area contributed by atoms with Crippen molar-refractivity contribution < 1.29 is 46.1 Å². The van der Waals surface area contributed by atoms with Gasteiger partial charge in [0.25, 0.3) is 0 Å². The lowest BCUT2D eigenvalue weighted by molar-refractivity contribution is -0.359. The number of ketones is 1. The van der Waals surface area contributed by atoms with E-state index in [9.17, 15) is 36.6 Å². The Bertz CT molecular complexity index is 1130. The molecule has 0 amide bonds. The minimum absolute atomic E-state index is 0.0626. The number of carbonyl (C=O) groups excluding carboxylic acids is 1. The number of methoxy groups -OCH3 is 1. The third-order valence-corrected chi connectivity index (χ3v) is 5.64. The Hall–Kier alpha value is -2.73. The van der Waals surface area contributed by atoms with Crippen LogP contribution in [0.3, 0.4) is 0 Å².